The molecule has 0 aliphatic carbocycles. The van der Waals surface area contributed by atoms with E-state index in [0.717, 1.165) is 5.56 Å². The van der Waals surface area contributed by atoms with Crippen LogP contribution in [0.25, 0.3) is 0 Å². The van der Waals surface area contributed by atoms with Crippen molar-refractivity contribution in [3.05, 3.63) is 35.9 Å². The zero-order valence-electron chi connectivity index (χ0n) is 13.2. The number of nitrogens with one attached hydrogen (secondary N) is 1. The highest BCUT2D eigenvalue weighted by Gasteiger charge is 2.41. The van der Waals surface area contributed by atoms with Crippen LogP contribution in [-0.4, -0.2) is 42.4 Å². The van der Waals surface area contributed by atoms with E-state index in [1.807, 2.05) is 37.3 Å². The number of hydrazine groups is 1. The molecular formula is C16H22N2O4. The minimum Gasteiger partial charge on any atom is -0.468 e. The second kappa shape index (κ2) is 6.79. The number of nitrogens with zero attached hydrogens (tertiary/aromatic N) is 1. The van der Waals surface area contributed by atoms with Crippen molar-refractivity contribution in [1.29, 1.82) is 0 Å². The molecule has 1 aromatic carbocycles. The highest BCUT2D eigenvalue weighted by Crippen LogP contribution is 2.20. The Kier molecular flexibility index (Phi) is 5.03. The number of carbonyl (C=O) groups is 2. The number of methoxy groups -OCH3 is 1. The molecule has 0 aromatic heterocycles. The lowest BCUT2D eigenvalue weighted by Gasteiger charge is -2.33. The van der Waals surface area contributed by atoms with Gasteiger partial charge in [0.05, 0.1) is 13.2 Å². The molecule has 2 atom stereocenters. The van der Waals surface area contributed by atoms with Gasteiger partial charge in [-0.3, -0.25) is 4.79 Å². The number of hydrogen-bond donors (Lipinski definition) is 1. The largest absolute Gasteiger partial charge is 0.468 e. The van der Waals surface area contributed by atoms with Crippen molar-refractivity contribution in [2.75, 3.05) is 13.7 Å². The fourth-order valence-corrected chi connectivity index (χ4v) is 2.39. The fourth-order valence-electron chi connectivity index (χ4n) is 2.39. The van der Waals surface area contributed by atoms with Crippen LogP contribution in [0.5, 0.6) is 0 Å². The first-order valence-electron chi connectivity index (χ1n) is 7.36. The molecule has 1 aromatic rings. The summed E-state index contributed by atoms with van der Waals surface area (Å²) in [4.78, 5) is 23.9. The molecule has 1 aliphatic rings. The highest BCUT2D eigenvalue weighted by molar-refractivity contribution is 5.81. The second-order valence-electron chi connectivity index (χ2n) is 5.58. The van der Waals surface area contributed by atoms with Gasteiger partial charge in [0.1, 0.15) is 12.1 Å². The van der Waals surface area contributed by atoms with Gasteiger partial charge >= 0.3 is 12.1 Å². The molecule has 22 heavy (non-hydrogen) atoms. The van der Waals surface area contributed by atoms with Crippen LogP contribution in [0.1, 0.15) is 25.8 Å². The van der Waals surface area contributed by atoms with Gasteiger partial charge in [0.2, 0.25) is 0 Å². The molecule has 0 spiro atoms. The van der Waals surface area contributed by atoms with Crippen LogP contribution < -0.4 is 5.43 Å². The maximum Gasteiger partial charge on any atom is 0.424 e. The third kappa shape index (κ3) is 3.39. The maximum atomic E-state index is 12.0. The van der Waals surface area contributed by atoms with Gasteiger partial charge in [-0.1, -0.05) is 37.3 Å². The van der Waals surface area contributed by atoms with Crippen LogP contribution in [0.2, 0.25) is 0 Å². The topological polar surface area (TPSA) is 67.9 Å². The van der Waals surface area contributed by atoms with Crippen LogP contribution in [0.3, 0.4) is 0 Å². The number of cyclic esters (lactones) is 1. The Hall–Kier alpha value is -2.08. The first-order valence-corrected chi connectivity index (χ1v) is 7.36. The molecule has 1 amide bonds. The van der Waals surface area contributed by atoms with Crippen molar-refractivity contribution < 1.29 is 19.1 Å². The average Bonchev–Trinajstić information content (AvgIpc) is 2.87. The van der Waals surface area contributed by atoms with Crippen LogP contribution in [0.4, 0.5) is 4.79 Å². The summed E-state index contributed by atoms with van der Waals surface area (Å²) < 4.78 is 9.95. The van der Waals surface area contributed by atoms with Crippen LogP contribution in [0, 0.1) is 0 Å². The van der Waals surface area contributed by atoms with Crippen molar-refractivity contribution in [2.24, 2.45) is 0 Å². The molecule has 6 heteroatoms. The van der Waals surface area contributed by atoms with Gasteiger partial charge in [-0.25, -0.2) is 15.2 Å². The van der Waals surface area contributed by atoms with E-state index in [1.165, 1.54) is 12.1 Å². The van der Waals surface area contributed by atoms with Gasteiger partial charge in [0.15, 0.2) is 0 Å². The van der Waals surface area contributed by atoms with Crippen LogP contribution in [-0.2, 0) is 20.7 Å². The van der Waals surface area contributed by atoms with E-state index in [1.54, 1.807) is 6.92 Å². The van der Waals surface area contributed by atoms with E-state index < -0.39 is 17.6 Å². The molecule has 1 saturated heterocycles. The predicted octanol–water partition coefficient (Wildman–Crippen LogP) is 1.90. The number of rotatable bonds is 6. The summed E-state index contributed by atoms with van der Waals surface area (Å²) in [5.74, 6) is -0.409. The minimum absolute atomic E-state index is 0.162. The van der Waals surface area contributed by atoms with E-state index in [-0.39, 0.29) is 6.04 Å². The van der Waals surface area contributed by atoms with Gasteiger partial charge in [-0.05, 0) is 25.3 Å². The van der Waals surface area contributed by atoms with Crippen molar-refractivity contribution in [3.8, 4) is 0 Å². The normalized spacial score (nSPS) is 20.4. The smallest absolute Gasteiger partial charge is 0.424 e. The predicted molar refractivity (Wildman–Crippen MR) is 81.0 cm³/mol. The van der Waals surface area contributed by atoms with Crippen molar-refractivity contribution >= 4 is 12.1 Å². The molecule has 0 radical (unpaired) electrons. The Bertz CT molecular complexity index is 534. The quantitative estimate of drug-likeness (QED) is 0.813. The molecule has 1 fully saturated rings. The highest BCUT2D eigenvalue weighted by atomic mass is 16.6. The van der Waals surface area contributed by atoms with Crippen LogP contribution in [0.15, 0.2) is 30.3 Å². The standard InChI is InChI=1S/C16H22N2O4/c1-4-16(2,14(19)21-3)17-18-13(11-22-15(18)20)10-12-8-6-5-7-9-12/h5-9,13,17H,4,10-11H2,1-3H3/t13-,16-/m0/s1. The summed E-state index contributed by atoms with van der Waals surface area (Å²) in [6.07, 6.45) is 0.673. The van der Waals surface area contributed by atoms with Gasteiger partial charge in [-0.15, -0.1) is 0 Å². The molecule has 0 bridgehead atoms. The molecule has 0 unspecified atom stereocenters. The lowest BCUT2D eigenvalue weighted by molar-refractivity contribution is -0.150. The van der Waals surface area contributed by atoms with Gasteiger partial charge in [-0.2, -0.15) is 0 Å². The molecule has 2 rings (SSSR count). The maximum absolute atomic E-state index is 12.0. The Morgan fingerprint density at radius 2 is 2.14 bits per heavy atom. The summed E-state index contributed by atoms with van der Waals surface area (Å²) in [5.41, 5.74) is 3.14. The Balaban J connectivity index is 2.12. The number of carbonyl (C=O) groups excluding carboxylic acids is 2. The molecule has 1 N–H and O–H groups in total. The summed E-state index contributed by atoms with van der Waals surface area (Å²) in [6, 6.07) is 9.69. The summed E-state index contributed by atoms with van der Waals surface area (Å²) in [6.45, 7) is 3.86. The number of amides is 1. The SMILES string of the molecule is CC[C@](C)(NN1C(=O)OC[C@@H]1Cc1ccccc1)C(=O)OC. The monoisotopic (exact) mass is 306 g/mol. The number of benzene rings is 1. The third-order valence-corrected chi connectivity index (χ3v) is 3.99. The summed E-state index contributed by atoms with van der Waals surface area (Å²) in [7, 11) is 1.33. The Labute approximate surface area is 130 Å². The van der Waals surface area contributed by atoms with Crippen molar-refractivity contribution in [1.82, 2.24) is 10.4 Å². The molecule has 1 aliphatic heterocycles. The first-order chi connectivity index (χ1) is 10.5. The molecule has 1 heterocycles. The number of ether oxygens (including phenoxy) is 2. The van der Waals surface area contributed by atoms with Crippen LogP contribution >= 0.6 is 0 Å². The van der Waals surface area contributed by atoms with Crippen molar-refractivity contribution in [3.63, 3.8) is 0 Å². The fraction of sp³-hybridized carbons (Fsp3) is 0.500. The lowest BCUT2D eigenvalue weighted by Crippen LogP contribution is -2.60. The third-order valence-electron chi connectivity index (χ3n) is 3.99. The second-order valence-corrected chi connectivity index (χ2v) is 5.58. The summed E-state index contributed by atoms with van der Waals surface area (Å²) >= 11 is 0. The number of hydrogen-bond acceptors (Lipinski definition) is 5. The molecule has 0 saturated carbocycles. The van der Waals surface area contributed by atoms with E-state index in [0.29, 0.717) is 19.4 Å². The van der Waals surface area contributed by atoms with E-state index in [9.17, 15) is 9.59 Å². The Morgan fingerprint density at radius 1 is 1.45 bits per heavy atom. The van der Waals surface area contributed by atoms with E-state index in [2.05, 4.69) is 5.43 Å². The average molecular weight is 306 g/mol. The van der Waals surface area contributed by atoms with Gasteiger partial charge < -0.3 is 9.47 Å². The molecular weight excluding hydrogens is 284 g/mol. The minimum atomic E-state index is -0.965. The Morgan fingerprint density at radius 3 is 2.73 bits per heavy atom. The van der Waals surface area contributed by atoms with Crippen molar-refractivity contribution in [2.45, 2.75) is 38.3 Å². The first kappa shape index (κ1) is 16.3. The molecule has 120 valence electrons. The zero-order chi connectivity index (χ0) is 16.2. The van der Waals surface area contributed by atoms with Gasteiger partial charge in [0, 0.05) is 0 Å². The van der Waals surface area contributed by atoms with E-state index >= 15 is 0 Å². The van der Waals surface area contributed by atoms with Gasteiger partial charge in [0.25, 0.3) is 0 Å². The molecule has 6 nitrogen and oxygen atoms in total. The van der Waals surface area contributed by atoms with E-state index in [4.69, 9.17) is 9.47 Å². The summed E-state index contributed by atoms with van der Waals surface area (Å²) in [5, 5.41) is 1.41. The lowest BCUT2D eigenvalue weighted by atomic mass is 10.00. The number of esters is 1. The zero-order valence-corrected chi connectivity index (χ0v) is 13.2.